The van der Waals surface area contributed by atoms with Crippen molar-refractivity contribution in [2.75, 3.05) is 0 Å². The number of Topliss-reactive ketones (excluding diaryl/α,β-unsaturated/α-hetero) is 1. The number of hydrogen-bond acceptors (Lipinski definition) is 3. The molecule has 3 atom stereocenters. The number of ketones is 1. The Bertz CT molecular complexity index is 679. The van der Waals surface area contributed by atoms with Crippen molar-refractivity contribution in [2.45, 2.75) is 72.3 Å². The Balaban J connectivity index is 1.82. The molecule has 0 saturated heterocycles. The molecular formula is C20H26O3. The van der Waals surface area contributed by atoms with Crippen LogP contribution in [0.4, 0.5) is 0 Å². The highest BCUT2D eigenvalue weighted by atomic mass is 16.5. The van der Waals surface area contributed by atoms with Gasteiger partial charge in [-0.05, 0) is 54.9 Å². The van der Waals surface area contributed by atoms with Gasteiger partial charge in [-0.3, -0.25) is 4.79 Å². The van der Waals surface area contributed by atoms with Crippen LogP contribution in [0.15, 0.2) is 22.3 Å². The van der Waals surface area contributed by atoms with Gasteiger partial charge in [-0.25, -0.2) is 4.79 Å². The van der Waals surface area contributed by atoms with Gasteiger partial charge in [0.2, 0.25) is 0 Å². The van der Waals surface area contributed by atoms with Crippen LogP contribution in [-0.4, -0.2) is 17.9 Å². The maximum absolute atomic E-state index is 13.0. The van der Waals surface area contributed by atoms with E-state index in [0.29, 0.717) is 22.5 Å². The molecule has 3 heteroatoms. The molecule has 0 bridgehead atoms. The molecule has 23 heavy (non-hydrogen) atoms. The second-order valence-electron chi connectivity index (χ2n) is 8.77. The first kappa shape index (κ1) is 15.2. The van der Waals surface area contributed by atoms with E-state index in [4.69, 9.17) is 4.74 Å². The van der Waals surface area contributed by atoms with E-state index in [-0.39, 0.29) is 23.3 Å². The van der Waals surface area contributed by atoms with Gasteiger partial charge in [0, 0.05) is 12.0 Å². The molecule has 3 nitrogen and oxygen atoms in total. The van der Waals surface area contributed by atoms with Crippen molar-refractivity contribution >= 4 is 11.8 Å². The van der Waals surface area contributed by atoms with Crippen molar-refractivity contribution in [3.05, 3.63) is 22.3 Å². The molecule has 0 unspecified atom stereocenters. The Morgan fingerprint density at radius 3 is 2.61 bits per heavy atom. The monoisotopic (exact) mass is 314 g/mol. The van der Waals surface area contributed by atoms with Crippen LogP contribution in [0, 0.1) is 16.7 Å². The molecule has 0 N–H and O–H groups in total. The van der Waals surface area contributed by atoms with Gasteiger partial charge in [-0.1, -0.05) is 32.8 Å². The van der Waals surface area contributed by atoms with Gasteiger partial charge in [-0.2, -0.15) is 0 Å². The molecule has 4 aliphatic rings. The minimum atomic E-state index is -0.325. The molecule has 0 spiro atoms. The average molecular weight is 314 g/mol. The number of allylic oxidation sites excluding steroid dienone is 1. The third-order valence-electron chi connectivity index (χ3n) is 7.16. The van der Waals surface area contributed by atoms with Crippen LogP contribution < -0.4 is 0 Å². The predicted molar refractivity (Wildman–Crippen MR) is 87.7 cm³/mol. The molecule has 1 heterocycles. The van der Waals surface area contributed by atoms with Crippen LogP contribution in [-0.2, 0) is 14.3 Å². The Hall–Kier alpha value is -1.38. The number of carbonyl (C=O) groups excluding carboxylic acids is 2. The highest BCUT2D eigenvalue weighted by Crippen LogP contribution is 2.62. The van der Waals surface area contributed by atoms with E-state index in [0.717, 1.165) is 31.3 Å². The summed E-state index contributed by atoms with van der Waals surface area (Å²) in [5.74, 6) is 0.422. The Labute approximate surface area is 138 Å². The number of carbonyl (C=O) groups is 2. The summed E-state index contributed by atoms with van der Waals surface area (Å²) in [4.78, 5) is 24.9. The van der Waals surface area contributed by atoms with Gasteiger partial charge in [0.15, 0.2) is 5.78 Å². The minimum absolute atomic E-state index is 0.0967. The first-order valence-corrected chi connectivity index (χ1v) is 8.94. The van der Waals surface area contributed by atoms with Gasteiger partial charge in [-0.15, -0.1) is 0 Å². The molecule has 124 valence electrons. The summed E-state index contributed by atoms with van der Waals surface area (Å²) in [6, 6.07) is 0. The average Bonchev–Trinajstić information content (AvgIpc) is 2.74. The predicted octanol–water partition coefficient (Wildman–Crippen LogP) is 4.12. The highest BCUT2D eigenvalue weighted by Gasteiger charge is 2.54. The zero-order chi connectivity index (χ0) is 16.6. The fourth-order valence-electron chi connectivity index (χ4n) is 6.02. The zero-order valence-electron chi connectivity index (χ0n) is 14.6. The van der Waals surface area contributed by atoms with E-state index >= 15 is 0 Å². The van der Waals surface area contributed by atoms with Crippen LogP contribution in [0.1, 0.15) is 66.2 Å². The molecule has 3 aliphatic carbocycles. The molecule has 0 aromatic heterocycles. The molecule has 0 radical (unpaired) electrons. The molecular weight excluding hydrogens is 288 g/mol. The van der Waals surface area contributed by atoms with E-state index in [1.165, 1.54) is 18.4 Å². The standard InChI is InChI=1S/C20H26O3/c1-11-16-14(23-18(11)22)10-13-12(17(16)21)6-7-15-19(2,3)8-5-9-20(13,15)4/h14-15H,5-10H2,1-4H3/t14-,15-,20+/m1/s1. The van der Waals surface area contributed by atoms with Gasteiger partial charge in [0.05, 0.1) is 5.57 Å². The maximum Gasteiger partial charge on any atom is 0.334 e. The summed E-state index contributed by atoms with van der Waals surface area (Å²) in [6.07, 6.45) is 6.03. The molecule has 0 aromatic rings. The lowest BCUT2D eigenvalue weighted by atomic mass is 9.48. The fraction of sp³-hybridized carbons (Fsp3) is 0.700. The number of hydrogen-bond donors (Lipinski definition) is 0. The minimum Gasteiger partial charge on any atom is -0.454 e. The maximum atomic E-state index is 13.0. The molecule has 1 fully saturated rings. The summed E-state index contributed by atoms with van der Waals surface area (Å²) in [5, 5.41) is 0. The number of rotatable bonds is 0. The van der Waals surface area contributed by atoms with Crippen LogP contribution >= 0.6 is 0 Å². The molecule has 0 amide bonds. The second kappa shape index (κ2) is 4.58. The van der Waals surface area contributed by atoms with Gasteiger partial charge in [0.1, 0.15) is 6.10 Å². The van der Waals surface area contributed by atoms with Crippen LogP contribution in [0.3, 0.4) is 0 Å². The summed E-state index contributed by atoms with van der Waals surface area (Å²) < 4.78 is 5.51. The smallest absolute Gasteiger partial charge is 0.334 e. The normalized spacial score (nSPS) is 39.0. The zero-order valence-corrected chi connectivity index (χ0v) is 14.6. The lowest BCUT2D eigenvalue weighted by molar-refractivity contribution is -0.140. The molecule has 0 aromatic carbocycles. The molecule has 1 saturated carbocycles. The third kappa shape index (κ3) is 1.88. The Morgan fingerprint density at radius 2 is 1.87 bits per heavy atom. The van der Waals surface area contributed by atoms with Crippen molar-refractivity contribution in [1.29, 1.82) is 0 Å². The number of fused-ring (bicyclic) bond motifs is 3. The van der Waals surface area contributed by atoms with Gasteiger partial charge < -0.3 is 4.74 Å². The van der Waals surface area contributed by atoms with Gasteiger partial charge >= 0.3 is 5.97 Å². The SMILES string of the molecule is CC1=C2C(=O)C3=C(C[C@H]2OC1=O)[C@]1(C)CCCC(C)(C)[C@H]1CC3. The van der Waals surface area contributed by atoms with Crippen molar-refractivity contribution in [2.24, 2.45) is 16.7 Å². The summed E-state index contributed by atoms with van der Waals surface area (Å²) in [7, 11) is 0. The quantitative estimate of drug-likeness (QED) is 0.632. The fourth-order valence-corrected chi connectivity index (χ4v) is 6.02. The van der Waals surface area contributed by atoms with E-state index in [2.05, 4.69) is 20.8 Å². The first-order chi connectivity index (χ1) is 10.8. The van der Waals surface area contributed by atoms with E-state index < -0.39 is 0 Å². The first-order valence-electron chi connectivity index (χ1n) is 8.94. The van der Waals surface area contributed by atoms with Gasteiger partial charge in [0.25, 0.3) is 0 Å². The van der Waals surface area contributed by atoms with Crippen molar-refractivity contribution in [3.8, 4) is 0 Å². The van der Waals surface area contributed by atoms with Crippen molar-refractivity contribution in [3.63, 3.8) is 0 Å². The van der Waals surface area contributed by atoms with Crippen LogP contribution in [0.2, 0.25) is 0 Å². The van der Waals surface area contributed by atoms with E-state index in [1.54, 1.807) is 6.92 Å². The highest BCUT2D eigenvalue weighted by molar-refractivity contribution is 6.16. The van der Waals surface area contributed by atoms with Crippen molar-refractivity contribution < 1.29 is 14.3 Å². The molecule has 4 rings (SSSR count). The van der Waals surface area contributed by atoms with E-state index in [9.17, 15) is 9.59 Å². The summed E-state index contributed by atoms with van der Waals surface area (Å²) in [5.41, 5.74) is 3.91. The van der Waals surface area contributed by atoms with Crippen molar-refractivity contribution in [1.82, 2.24) is 0 Å². The Kier molecular flexibility index (Phi) is 3.02. The Morgan fingerprint density at radius 1 is 1.13 bits per heavy atom. The number of esters is 1. The van der Waals surface area contributed by atoms with E-state index in [1.807, 2.05) is 0 Å². The topological polar surface area (TPSA) is 43.4 Å². The lowest BCUT2D eigenvalue weighted by Crippen LogP contribution is -2.48. The third-order valence-corrected chi connectivity index (χ3v) is 7.16. The van der Waals surface area contributed by atoms with Crippen LogP contribution in [0.25, 0.3) is 0 Å². The van der Waals surface area contributed by atoms with Crippen LogP contribution in [0.5, 0.6) is 0 Å². The summed E-state index contributed by atoms with van der Waals surface area (Å²) in [6.45, 7) is 8.86. The lowest BCUT2D eigenvalue weighted by Gasteiger charge is -2.56. The largest absolute Gasteiger partial charge is 0.454 e. The number of ether oxygens (including phenoxy) is 1. The summed E-state index contributed by atoms with van der Waals surface area (Å²) >= 11 is 0. The molecule has 1 aliphatic heterocycles. The second-order valence-corrected chi connectivity index (χ2v) is 8.77.